The number of rotatable bonds is 8. The highest BCUT2D eigenvalue weighted by Gasteiger charge is 2.46. The van der Waals surface area contributed by atoms with Crippen molar-refractivity contribution in [2.45, 2.75) is 40.2 Å². The maximum absolute atomic E-state index is 13.4. The molecule has 38 heavy (non-hydrogen) atoms. The lowest BCUT2D eigenvalue weighted by Gasteiger charge is -2.26. The van der Waals surface area contributed by atoms with Gasteiger partial charge in [-0.15, -0.1) is 0 Å². The Balaban J connectivity index is 1.79. The first kappa shape index (κ1) is 26.7. The summed E-state index contributed by atoms with van der Waals surface area (Å²) in [5.74, 6) is -0.943. The zero-order valence-electron chi connectivity index (χ0n) is 22.0. The molecular weight excluding hydrogens is 480 g/mol. The number of ether oxygens (including phenoxy) is 1. The third-order valence-electron chi connectivity index (χ3n) is 6.33. The molecule has 0 spiro atoms. The Labute approximate surface area is 222 Å². The minimum atomic E-state index is -0.829. The normalized spacial score (nSPS) is 16.7. The van der Waals surface area contributed by atoms with E-state index in [-0.39, 0.29) is 17.2 Å². The average molecular weight is 513 g/mol. The van der Waals surface area contributed by atoms with Gasteiger partial charge in [0.25, 0.3) is 11.7 Å². The fourth-order valence-corrected chi connectivity index (χ4v) is 4.39. The van der Waals surface area contributed by atoms with Gasteiger partial charge in [-0.25, -0.2) is 0 Å². The summed E-state index contributed by atoms with van der Waals surface area (Å²) < 4.78 is 5.73. The number of amides is 2. The second-order valence-electron chi connectivity index (χ2n) is 9.72. The van der Waals surface area contributed by atoms with Crippen molar-refractivity contribution in [1.82, 2.24) is 0 Å². The third-order valence-corrected chi connectivity index (χ3v) is 6.33. The van der Waals surface area contributed by atoms with E-state index in [4.69, 9.17) is 4.74 Å². The summed E-state index contributed by atoms with van der Waals surface area (Å²) >= 11 is 0. The number of hydrogen-bond acceptors (Lipinski definition) is 5. The minimum absolute atomic E-state index is 0.0148. The molecule has 0 bridgehead atoms. The van der Waals surface area contributed by atoms with Crippen molar-refractivity contribution in [2.24, 2.45) is 5.92 Å². The van der Waals surface area contributed by atoms with Gasteiger partial charge in [-0.3, -0.25) is 19.3 Å². The molecule has 0 aromatic heterocycles. The van der Waals surface area contributed by atoms with Gasteiger partial charge >= 0.3 is 0 Å². The maximum atomic E-state index is 13.4. The molecule has 1 heterocycles. The van der Waals surface area contributed by atoms with Crippen LogP contribution in [0, 0.1) is 5.92 Å². The number of anilines is 2. The van der Waals surface area contributed by atoms with Crippen LogP contribution in [0.25, 0.3) is 5.76 Å². The number of nitrogens with zero attached hydrogens (tertiary/aromatic N) is 1. The molecule has 1 unspecified atom stereocenters. The maximum Gasteiger partial charge on any atom is 0.300 e. The van der Waals surface area contributed by atoms with E-state index >= 15 is 0 Å². The summed E-state index contributed by atoms with van der Waals surface area (Å²) in [4.78, 5) is 39.6. The van der Waals surface area contributed by atoms with Gasteiger partial charge in [0, 0.05) is 23.9 Å². The third kappa shape index (κ3) is 5.62. The fraction of sp³-hybridized carbons (Fsp3) is 0.258. The zero-order chi connectivity index (χ0) is 27.4. The van der Waals surface area contributed by atoms with Crippen molar-refractivity contribution in [3.8, 4) is 5.75 Å². The molecular formula is C31H32N2O5. The number of benzene rings is 3. The molecule has 196 valence electrons. The number of Topliss-reactive ketones (excluding diaryl/α,β-unsaturated/α-hetero) is 1. The van der Waals surface area contributed by atoms with Crippen molar-refractivity contribution in [3.05, 3.63) is 95.1 Å². The van der Waals surface area contributed by atoms with E-state index in [2.05, 4.69) is 19.2 Å². The Kier molecular flexibility index (Phi) is 7.96. The van der Waals surface area contributed by atoms with E-state index in [9.17, 15) is 19.5 Å². The van der Waals surface area contributed by atoms with Gasteiger partial charge in [0.1, 0.15) is 11.5 Å². The van der Waals surface area contributed by atoms with E-state index in [0.717, 1.165) is 12.0 Å². The monoisotopic (exact) mass is 512 g/mol. The largest absolute Gasteiger partial charge is 0.507 e. The number of aliphatic hydroxyl groups is 1. The molecule has 0 radical (unpaired) electrons. The molecule has 3 aromatic carbocycles. The molecule has 1 aliphatic heterocycles. The quantitative estimate of drug-likeness (QED) is 0.224. The Morgan fingerprint density at radius 1 is 0.974 bits per heavy atom. The fourth-order valence-electron chi connectivity index (χ4n) is 4.39. The van der Waals surface area contributed by atoms with Crippen LogP contribution in [0.2, 0.25) is 0 Å². The first-order valence-corrected chi connectivity index (χ1v) is 12.7. The van der Waals surface area contributed by atoms with Gasteiger partial charge in [-0.1, -0.05) is 45.0 Å². The highest BCUT2D eigenvalue weighted by molar-refractivity contribution is 6.51. The second-order valence-corrected chi connectivity index (χ2v) is 9.72. The first-order valence-electron chi connectivity index (χ1n) is 12.7. The summed E-state index contributed by atoms with van der Waals surface area (Å²) in [5, 5.41) is 14.0. The Morgan fingerprint density at radius 3 is 2.16 bits per heavy atom. The molecule has 0 aliphatic carbocycles. The van der Waals surface area contributed by atoms with Crippen LogP contribution >= 0.6 is 0 Å². The Morgan fingerprint density at radius 2 is 1.61 bits per heavy atom. The predicted molar refractivity (Wildman–Crippen MR) is 148 cm³/mol. The number of aryl methyl sites for hydroxylation is 1. The van der Waals surface area contributed by atoms with Crippen LogP contribution < -0.4 is 15.0 Å². The van der Waals surface area contributed by atoms with E-state index in [1.807, 2.05) is 31.2 Å². The van der Waals surface area contributed by atoms with Crippen LogP contribution in [-0.2, 0) is 20.8 Å². The Hall–Kier alpha value is -4.39. The number of aliphatic hydroxyl groups excluding tert-OH is 1. The molecule has 1 saturated heterocycles. The van der Waals surface area contributed by atoms with Gasteiger partial charge in [0.05, 0.1) is 18.2 Å². The Bertz CT molecular complexity index is 1360. The highest BCUT2D eigenvalue weighted by atomic mass is 16.5. The van der Waals surface area contributed by atoms with Crippen molar-refractivity contribution in [3.63, 3.8) is 0 Å². The molecule has 2 amide bonds. The molecule has 1 atom stereocenters. The molecule has 1 aliphatic rings. The van der Waals surface area contributed by atoms with Crippen molar-refractivity contribution >= 4 is 34.7 Å². The molecule has 1 fully saturated rings. The van der Waals surface area contributed by atoms with Crippen molar-refractivity contribution in [1.29, 1.82) is 0 Å². The molecule has 3 aromatic rings. The van der Waals surface area contributed by atoms with Crippen LogP contribution in [0.1, 0.15) is 50.4 Å². The molecule has 4 rings (SSSR count). The number of ketones is 1. The summed E-state index contributed by atoms with van der Waals surface area (Å²) in [5.41, 5.74) is 3.29. The van der Waals surface area contributed by atoms with Crippen LogP contribution in [0.15, 0.2) is 78.4 Å². The lowest BCUT2D eigenvalue weighted by atomic mass is 9.94. The van der Waals surface area contributed by atoms with E-state index in [0.29, 0.717) is 40.8 Å². The average Bonchev–Trinajstić information content (AvgIpc) is 3.17. The lowest BCUT2D eigenvalue weighted by Crippen LogP contribution is -2.29. The van der Waals surface area contributed by atoms with Gasteiger partial charge in [0.2, 0.25) is 5.91 Å². The van der Waals surface area contributed by atoms with Gasteiger partial charge in [-0.05, 0) is 72.0 Å². The summed E-state index contributed by atoms with van der Waals surface area (Å²) in [6, 6.07) is 20.3. The summed E-state index contributed by atoms with van der Waals surface area (Å²) in [6.45, 7) is 8.13. The standard InChI is InChI=1S/C31H32N2O5/c1-5-21-6-8-22(9-7-21)28-27(29(35)23-10-16-26(17-11-23)38-18-19(2)3)30(36)31(37)33(28)25-14-12-24(13-15-25)32-20(4)34/h6-17,19,28,35H,5,18H2,1-4H3,(H,32,34)/b29-27+. The number of nitrogens with one attached hydrogen (secondary N) is 1. The van der Waals surface area contributed by atoms with Crippen LogP contribution in [0.4, 0.5) is 11.4 Å². The van der Waals surface area contributed by atoms with Gasteiger partial charge in [-0.2, -0.15) is 0 Å². The number of carbonyl (C=O) groups excluding carboxylic acids is 3. The molecule has 0 saturated carbocycles. The van der Waals surface area contributed by atoms with Gasteiger partial charge < -0.3 is 15.2 Å². The van der Waals surface area contributed by atoms with Crippen molar-refractivity contribution < 1.29 is 24.2 Å². The van der Waals surface area contributed by atoms with E-state index in [1.54, 1.807) is 48.5 Å². The molecule has 7 nitrogen and oxygen atoms in total. The summed E-state index contributed by atoms with van der Waals surface area (Å²) in [6.07, 6.45) is 0.844. The predicted octanol–water partition coefficient (Wildman–Crippen LogP) is 5.87. The van der Waals surface area contributed by atoms with Crippen LogP contribution in [0.5, 0.6) is 5.75 Å². The SMILES string of the molecule is CCc1ccc(C2/C(=C(\O)c3ccc(OCC(C)C)cc3)C(=O)C(=O)N2c2ccc(NC(C)=O)cc2)cc1. The lowest BCUT2D eigenvalue weighted by molar-refractivity contribution is -0.132. The van der Waals surface area contributed by atoms with E-state index in [1.165, 1.54) is 11.8 Å². The van der Waals surface area contributed by atoms with E-state index < -0.39 is 17.7 Å². The van der Waals surface area contributed by atoms with Crippen LogP contribution in [-0.4, -0.2) is 29.3 Å². The number of carbonyl (C=O) groups is 3. The van der Waals surface area contributed by atoms with Crippen LogP contribution in [0.3, 0.4) is 0 Å². The topological polar surface area (TPSA) is 95.9 Å². The smallest absolute Gasteiger partial charge is 0.300 e. The van der Waals surface area contributed by atoms with Crippen molar-refractivity contribution in [2.75, 3.05) is 16.8 Å². The zero-order valence-corrected chi connectivity index (χ0v) is 22.0. The number of hydrogen-bond donors (Lipinski definition) is 2. The second kappa shape index (κ2) is 11.3. The van der Waals surface area contributed by atoms with Gasteiger partial charge in [0.15, 0.2) is 0 Å². The minimum Gasteiger partial charge on any atom is -0.507 e. The molecule has 2 N–H and O–H groups in total. The summed E-state index contributed by atoms with van der Waals surface area (Å²) in [7, 11) is 0. The first-order chi connectivity index (χ1) is 18.2. The highest BCUT2D eigenvalue weighted by Crippen LogP contribution is 2.42. The molecule has 7 heteroatoms.